The van der Waals surface area contributed by atoms with Gasteiger partial charge in [-0.05, 0) is 54.9 Å². The van der Waals surface area contributed by atoms with Crippen molar-refractivity contribution in [3.8, 4) is 5.75 Å². The Morgan fingerprint density at radius 2 is 1.95 bits per heavy atom. The molecule has 0 aliphatic heterocycles. The minimum absolute atomic E-state index is 0.502. The van der Waals surface area contributed by atoms with E-state index in [1.165, 1.54) is 16.9 Å². The topological polar surface area (TPSA) is 21.3 Å². The normalized spacial score (nSPS) is 12.3. The molecule has 0 radical (unpaired) electrons. The molecule has 0 fully saturated rings. The van der Waals surface area contributed by atoms with E-state index in [1.807, 2.05) is 23.5 Å². The number of benzene rings is 1. The third-order valence-corrected chi connectivity index (χ3v) is 4.25. The highest BCUT2D eigenvalue weighted by atomic mass is 32.1. The molecule has 2 nitrogen and oxygen atoms in total. The molecule has 20 heavy (non-hydrogen) atoms. The van der Waals surface area contributed by atoms with Crippen LogP contribution in [-0.2, 0) is 12.8 Å². The van der Waals surface area contributed by atoms with Crippen LogP contribution in [0.2, 0.25) is 0 Å². The molecule has 0 aliphatic rings. The Bertz CT molecular complexity index is 478. The van der Waals surface area contributed by atoms with Crippen molar-refractivity contribution in [1.82, 2.24) is 5.32 Å². The summed E-state index contributed by atoms with van der Waals surface area (Å²) in [5.41, 5.74) is 1.36. The van der Waals surface area contributed by atoms with E-state index in [4.69, 9.17) is 4.74 Å². The standard InChI is InChI=1S/C17H23NOS/c1-3-10-18-15(13-17-5-4-11-20-17)12-14-6-8-16(19-2)9-7-14/h4-9,11,15,18H,3,10,12-13H2,1-2H3. The van der Waals surface area contributed by atoms with Gasteiger partial charge in [0.2, 0.25) is 0 Å². The maximum atomic E-state index is 5.21. The van der Waals surface area contributed by atoms with Crippen LogP contribution in [0.4, 0.5) is 0 Å². The van der Waals surface area contributed by atoms with E-state index in [-0.39, 0.29) is 0 Å². The monoisotopic (exact) mass is 289 g/mol. The van der Waals surface area contributed by atoms with E-state index in [0.29, 0.717) is 6.04 Å². The van der Waals surface area contributed by atoms with Crippen molar-refractivity contribution in [2.75, 3.05) is 13.7 Å². The van der Waals surface area contributed by atoms with Gasteiger partial charge in [-0.3, -0.25) is 0 Å². The molecule has 3 heteroatoms. The summed E-state index contributed by atoms with van der Waals surface area (Å²) in [5.74, 6) is 0.921. The molecule has 1 N–H and O–H groups in total. The highest BCUT2D eigenvalue weighted by molar-refractivity contribution is 7.09. The lowest BCUT2D eigenvalue weighted by atomic mass is 10.0. The van der Waals surface area contributed by atoms with Crippen LogP contribution in [0.5, 0.6) is 5.75 Å². The summed E-state index contributed by atoms with van der Waals surface area (Å²) in [7, 11) is 1.71. The Labute approximate surface area is 125 Å². The molecule has 1 aromatic heterocycles. The van der Waals surface area contributed by atoms with E-state index >= 15 is 0 Å². The summed E-state index contributed by atoms with van der Waals surface area (Å²) in [4.78, 5) is 1.45. The smallest absolute Gasteiger partial charge is 0.118 e. The van der Waals surface area contributed by atoms with Gasteiger partial charge in [0.1, 0.15) is 5.75 Å². The zero-order valence-corrected chi connectivity index (χ0v) is 13.1. The zero-order chi connectivity index (χ0) is 14.2. The molecule has 0 bridgehead atoms. The molecule has 0 amide bonds. The van der Waals surface area contributed by atoms with Gasteiger partial charge in [0.25, 0.3) is 0 Å². The van der Waals surface area contributed by atoms with E-state index in [0.717, 1.165) is 25.1 Å². The molecular formula is C17H23NOS. The largest absolute Gasteiger partial charge is 0.497 e. The summed E-state index contributed by atoms with van der Waals surface area (Å²) in [6.45, 7) is 3.29. The Hall–Kier alpha value is -1.32. The number of hydrogen-bond donors (Lipinski definition) is 1. The minimum Gasteiger partial charge on any atom is -0.497 e. The number of methoxy groups -OCH3 is 1. The van der Waals surface area contributed by atoms with Crippen LogP contribution < -0.4 is 10.1 Å². The Morgan fingerprint density at radius 1 is 1.15 bits per heavy atom. The van der Waals surface area contributed by atoms with Crippen molar-refractivity contribution in [3.63, 3.8) is 0 Å². The first-order chi connectivity index (χ1) is 9.81. The lowest BCUT2D eigenvalue weighted by Gasteiger charge is -2.18. The molecule has 0 saturated carbocycles. The van der Waals surface area contributed by atoms with Gasteiger partial charge in [-0.25, -0.2) is 0 Å². The Kier molecular flexibility index (Phi) is 6.09. The maximum absolute atomic E-state index is 5.21. The molecular weight excluding hydrogens is 266 g/mol. The molecule has 0 saturated heterocycles. The molecule has 1 heterocycles. The van der Waals surface area contributed by atoms with E-state index in [1.54, 1.807) is 7.11 Å². The number of ether oxygens (including phenoxy) is 1. The van der Waals surface area contributed by atoms with Crippen molar-refractivity contribution in [2.45, 2.75) is 32.2 Å². The molecule has 1 atom stereocenters. The molecule has 2 rings (SSSR count). The first-order valence-electron chi connectivity index (χ1n) is 7.20. The lowest BCUT2D eigenvalue weighted by molar-refractivity contribution is 0.414. The van der Waals surface area contributed by atoms with Gasteiger partial charge in [-0.2, -0.15) is 0 Å². The predicted molar refractivity (Wildman–Crippen MR) is 86.8 cm³/mol. The van der Waals surface area contributed by atoms with Gasteiger partial charge in [-0.15, -0.1) is 11.3 Å². The van der Waals surface area contributed by atoms with E-state index in [2.05, 4.69) is 41.9 Å². The second-order valence-corrected chi connectivity index (χ2v) is 6.02. The van der Waals surface area contributed by atoms with Gasteiger partial charge in [0.15, 0.2) is 0 Å². The van der Waals surface area contributed by atoms with Crippen molar-refractivity contribution in [1.29, 1.82) is 0 Å². The number of hydrogen-bond acceptors (Lipinski definition) is 3. The molecule has 1 unspecified atom stereocenters. The second kappa shape index (κ2) is 8.08. The van der Waals surface area contributed by atoms with Crippen LogP contribution in [0.1, 0.15) is 23.8 Å². The van der Waals surface area contributed by atoms with Gasteiger partial charge >= 0.3 is 0 Å². The minimum atomic E-state index is 0.502. The molecule has 108 valence electrons. The van der Waals surface area contributed by atoms with Crippen molar-refractivity contribution < 1.29 is 4.74 Å². The molecule has 0 spiro atoms. The summed E-state index contributed by atoms with van der Waals surface area (Å²) >= 11 is 1.84. The van der Waals surface area contributed by atoms with Gasteiger partial charge < -0.3 is 10.1 Å². The summed E-state index contributed by atoms with van der Waals surface area (Å²) < 4.78 is 5.21. The van der Waals surface area contributed by atoms with Crippen molar-refractivity contribution in [2.24, 2.45) is 0 Å². The van der Waals surface area contributed by atoms with Gasteiger partial charge in [0.05, 0.1) is 7.11 Å². The summed E-state index contributed by atoms with van der Waals surface area (Å²) in [6.07, 6.45) is 3.33. The molecule has 1 aromatic carbocycles. The van der Waals surface area contributed by atoms with Crippen molar-refractivity contribution in [3.05, 3.63) is 52.2 Å². The lowest BCUT2D eigenvalue weighted by Crippen LogP contribution is -2.33. The molecule has 0 aliphatic carbocycles. The first-order valence-corrected chi connectivity index (χ1v) is 8.08. The van der Waals surface area contributed by atoms with Crippen LogP contribution in [0.25, 0.3) is 0 Å². The average Bonchev–Trinajstić information content (AvgIpc) is 2.98. The van der Waals surface area contributed by atoms with Crippen molar-refractivity contribution >= 4 is 11.3 Å². The summed E-state index contributed by atoms with van der Waals surface area (Å²) in [5, 5.41) is 5.81. The fourth-order valence-corrected chi connectivity index (χ4v) is 3.07. The highest BCUT2D eigenvalue weighted by Crippen LogP contribution is 2.16. The predicted octanol–water partition coefficient (Wildman–Crippen LogP) is 3.91. The van der Waals surface area contributed by atoms with Crippen LogP contribution in [0.3, 0.4) is 0 Å². The summed E-state index contributed by atoms with van der Waals surface area (Å²) in [6, 6.07) is 13.3. The van der Waals surface area contributed by atoms with Crippen LogP contribution >= 0.6 is 11.3 Å². The van der Waals surface area contributed by atoms with E-state index < -0.39 is 0 Å². The molecule has 2 aromatic rings. The SMILES string of the molecule is CCCNC(Cc1ccc(OC)cc1)Cc1cccs1. The average molecular weight is 289 g/mol. The number of rotatable bonds is 8. The second-order valence-electron chi connectivity index (χ2n) is 4.99. The third kappa shape index (κ3) is 4.66. The quantitative estimate of drug-likeness (QED) is 0.795. The van der Waals surface area contributed by atoms with Crippen LogP contribution in [0, 0.1) is 0 Å². The Morgan fingerprint density at radius 3 is 2.55 bits per heavy atom. The van der Waals surface area contributed by atoms with Crippen LogP contribution in [0.15, 0.2) is 41.8 Å². The third-order valence-electron chi connectivity index (χ3n) is 3.35. The van der Waals surface area contributed by atoms with Crippen LogP contribution in [-0.4, -0.2) is 19.7 Å². The number of thiophene rings is 1. The maximum Gasteiger partial charge on any atom is 0.118 e. The Balaban J connectivity index is 1.98. The number of nitrogens with one attached hydrogen (secondary N) is 1. The highest BCUT2D eigenvalue weighted by Gasteiger charge is 2.10. The van der Waals surface area contributed by atoms with E-state index in [9.17, 15) is 0 Å². The zero-order valence-electron chi connectivity index (χ0n) is 12.3. The van der Waals surface area contributed by atoms with Gasteiger partial charge in [0, 0.05) is 10.9 Å². The fourth-order valence-electron chi connectivity index (χ4n) is 2.28. The fraction of sp³-hybridized carbons (Fsp3) is 0.412. The first kappa shape index (κ1) is 15.1. The van der Waals surface area contributed by atoms with Gasteiger partial charge in [-0.1, -0.05) is 25.1 Å².